The number of para-hydroxylation sites is 1. The van der Waals surface area contributed by atoms with E-state index in [1.807, 2.05) is 55.5 Å². The van der Waals surface area contributed by atoms with Crippen LogP contribution < -0.4 is 9.62 Å². The minimum Gasteiger partial charge on any atom is -0.346 e. The van der Waals surface area contributed by atoms with E-state index in [9.17, 15) is 13.2 Å². The average Bonchev–Trinajstić information content (AvgIpc) is 2.89. The molecule has 7 heteroatoms. The van der Waals surface area contributed by atoms with Gasteiger partial charge in [0.05, 0.1) is 23.2 Å². The molecule has 0 spiro atoms. The van der Waals surface area contributed by atoms with Crippen LogP contribution in [0.4, 0.5) is 5.69 Å². The van der Waals surface area contributed by atoms with Gasteiger partial charge in [0.25, 0.3) is 15.9 Å². The Morgan fingerprint density at radius 1 is 0.882 bits per heavy atom. The van der Waals surface area contributed by atoms with E-state index in [-0.39, 0.29) is 29.0 Å². The van der Waals surface area contributed by atoms with Crippen LogP contribution in [0.5, 0.6) is 0 Å². The first kappa shape index (κ1) is 23.2. The zero-order valence-corrected chi connectivity index (χ0v) is 19.5. The van der Waals surface area contributed by atoms with Gasteiger partial charge >= 0.3 is 0 Å². The first-order chi connectivity index (χ1) is 16.4. The molecule has 0 radical (unpaired) electrons. The molecule has 4 rings (SSSR count). The summed E-state index contributed by atoms with van der Waals surface area (Å²) >= 11 is 0. The number of pyridine rings is 1. The number of anilines is 1. The number of nitrogens with one attached hydrogen (secondary N) is 1. The molecule has 0 saturated heterocycles. The van der Waals surface area contributed by atoms with Gasteiger partial charge in [0.15, 0.2) is 0 Å². The van der Waals surface area contributed by atoms with Gasteiger partial charge in [-0.2, -0.15) is 0 Å². The van der Waals surface area contributed by atoms with Gasteiger partial charge < -0.3 is 5.32 Å². The van der Waals surface area contributed by atoms with E-state index < -0.39 is 10.0 Å². The Hall–Kier alpha value is -3.97. The largest absolute Gasteiger partial charge is 0.346 e. The topological polar surface area (TPSA) is 79.4 Å². The van der Waals surface area contributed by atoms with Crippen molar-refractivity contribution in [2.45, 2.75) is 24.4 Å². The molecule has 1 atom stereocenters. The maximum atomic E-state index is 13.7. The average molecular weight is 472 g/mol. The van der Waals surface area contributed by atoms with Crippen molar-refractivity contribution in [3.8, 4) is 0 Å². The SMILES string of the molecule is CC(NC(=O)c1cccc(S(=O)(=O)N(Cc2ccccc2)c2ccccc2)c1)c1ccncc1. The molecule has 0 fully saturated rings. The molecule has 0 aliphatic carbocycles. The van der Waals surface area contributed by atoms with Crippen LogP contribution in [0.2, 0.25) is 0 Å². The fourth-order valence-electron chi connectivity index (χ4n) is 3.60. The summed E-state index contributed by atoms with van der Waals surface area (Å²) in [4.78, 5) is 16.9. The van der Waals surface area contributed by atoms with E-state index in [0.29, 0.717) is 5.69 Å². The van der Waals surface area contributed by atoms with Crippen molar-refractivity contribution < 1.29 is 13.2 Å². The van der Waals surface area contributed by atoms with E-state index in [4.69, 9.17) is 0 Å². The predicted octanol–water partition coefficient (Wildman–Crippen LogP) is 4.97. The Bertz CT molecular complexity index is 1350. The monoisotopic (exact) mass is 471 g/mol. The van der Waals surface area contributed by atoms with Crippen LogP contribution in [0.25, 0.3) is 0 Å². The molecule has 1 amide bonds. The van der Waals surface area contributed by atoms with Crippen LogP contribution in [-0.2, 0) is 16.6 Å². The molecule has 172 valence electrons. The van der Waals surface area contributed by atoms with E-state index in [2.05, 4.69) is 10.3 Å². The highest BCUT2D eigenvalue weighted by Crippen LogP contribution is 2.26. The Morgan fingerprint density at radius 3 is 2.21 bits per heavy atom. The molecule has 0 bridgehead atoms. The number of benzene rings is 3. The zero-order chi connectivity index (χ0) is 24.0. The summed E-state index contributed by atoms with van der Waals surface area (Å²) in [6.07, 6.45) is 3.33. The highest BCUT2D eigenvalue weighted by molar-refractivity contribution is 7.92. The van der Waals surface area contributed by atoms with Crippen molar-refractivity contribution in [1.82, 2.24) is 10.3 Å². The van der Waals surface area contributed by atoms with Crippen LogP contribution >= 0.6 is 0 Å². The minimum absolute atomic E-state index is 0.0523. The van der Waals surface area contributed by atoms with Gasteiger partial charge in [0, 0.05) is 18.0 Å². The summed E-state index contributed by atoms with van der Waals surface area (Å²) in [5.74, 6) is -0.351. The summed E-state index contributed by atoms with van der Waals surface area (Å²) in [5.41, 5.74) is 2.59. The molecule has 1 unspecified atom stereocenters. The standard InChI is InChI=1S/C27H25N3O3S/c1-21(23-15-17-28-18-16-23)29-27(31)24-11-8-14-26(19-24)34(32,33)30(25-12-6-3-7-13-25)20-22-9-4-2-5-10-22/h2-19,21H,20H2,1H3,(H,29,31). The lowest BCUT2D eigenvalue weighted by atomic mass is 10.1. The van der Waals surface area contributed by atoms with Gasteiger partial charge in [-0.25, -0.2) is 8.42 Å². The number of rotatable bonds is 8. The molecule has 4 aromatic rings. The highest BCUT2D eigenvalue weighted by atomic mass is 32.2. The minimum atomic E-state index is -3.94. The van der Waals surface area contributed by atoms with E-state index >= 15 is 0 Å². The zero-order valence-electron chi connectivity index (χ0n) is 18.7. The van der Waals surface area contributed by atoms with Crippen LogP contribution in [0, 0.1) is 0 Å². The smallest absolute Gasteiger partial charge is 0.264 e. The van der Waals surface area contributed by atoms with Crippen molar-refractivity contribution in [1.29, 1.82) is 0 Å². The maximum Gasteiger partial charge on any atom is 0.264 e. The normalized spacial score (nSPS) is 12.0. The number of nitrogens with zero attached hydrogens (tertiary/aromatic N) is 2. The second-order valence-corrected chi connectivity index (χ2v) is 9.70. The van der Waals surface area contributed by atoms with Gasteiger partial charge in [-0.15, -0.1) is 0 Å². The summed E-state index contributed by atoms with van der Waals surface area (Å²) in [6.45, 7) is 2.04. The van der Waals surface area contributed by atoms with Gasteiger partial charge in [0.2, 0.25) is 0 Å². The lowest BCUT2D eigenvalue weighted by Crippen LogP contribution is -2.31. The van der Waals surface area contributed by atoms with Crippen molar-refractivity contribution in [3.05, 3.63) is 126 Å². The summed E-state index contributed by atoms with van der Waals surface area (Å²) in [7, 11) is -3.94. The van der Waals surface area contributed by atoms with Gasteiger partial charge in [-0.05, 0) is 60.5 Å². The van der Waals surface area contributed by atoms with Gasteiger partial charge in [-0.1, -0.05) is 54.6 Å². The van der Waals surface area contributed by atoms with Crippen molar-refractivity contribution in [2.24, 2.45) is 0 Å². The fourth-order valence-corrected chi connectivity index (χ4v) is 5.10. The second-order valence-electron chi connectivity index (χ2n) is 7.84. The number of carbonyl (C=O) groups is 1. The Kier molecular flexibility index (Phi) is 7.04. The van der Waals surface area contributed by atoms with Crippen molar-refractivity contribution in [2.75, 3.05) is 4.31 Å². The first-order valence-electron chi connectivity index (χ1n) is 10.9. The molecule has 1 N–H and O–H groups in total. The number of aromatic nitrogens is 1. The number of carbonyl (C=O) groups excluding carboxylic acids is 1. The highest BCUT2D eigenvalue weighted by Gasteiger charge is 2.26. The first-order valence-corrected chi connectivity index (χ1v) is 12.3. The van der Waals surface area contributed by atoms with E-state index in [1.54, 1.807) is 48.8 Å². The molecule has 6 nitrogen and oxygen atoms in total. The molecule has 0 aliphatic rings. The van der Waals surface area contributed by atoms with E-state index in [1.165, 1.54) is 16.4 Å². The lowest BCUT2D eigenvalue weighted by Gasteiger charge is -2.25. The molecule has 0 saturated carbocycles. The number of sulfonamides is 1. The van der Waals surface area contributed by atoms with Crippen molar-refractivity contribution >= 4 is 21.6 Å². The Balaban J connectivity index is 1.64. The van der Waals surface area contributed by atoms with Crippen LogP contribution in [0.3, 0.4) is 0 Å². The predicted molar refractivity (Wildman–Crippen MR) is 133 cm³/mol. The Morgan fingerprint density at radius 2 is 1.53 bits per heavy atom. The van der Waals surface area contributed by atoms with Crippen molar-refractivity contribution in [3.63, 3.8) is 0 Å². The number of hydrogen-bond acceptors (Lipinski definition) is 4. The summed E-state index contributed by atoms with van der Waals surface area (Å²) in [5, 5.41) is 2.92. The molecule has 34 heavy (non-hydrogen) atoms. The third-order valence-electron chi connectivity index (χ3n) is 5.45. The van der Waals surface area contributed by atoms with Gasteiger partial charge in [-0.3, -0.25) is 14.1 Å². The Labute approximate surface area is 200 Å². The quantitative estimate of drug-likeness (QED) is 0.394. The molecule has 0 aliphatic heterocycles. The molecular weight excluding hydrogens is 446 g/mol. The molecule has 1 heterocycles. The summed E-state index contributed by atoms with van der Waals surface area (Å²) < 4.78 is 28.8. The number of hydrogen-bond donors (Lipinski definition) is 1. The van der Waals surface area contributed by atoms with Crippen LogP contribution in [0.15, 0.2) is 114 Å². The van der Waals surface area contributed by atoms with Gasteiger partial charge in [0.1, 0.15) is 0 Å². The fraction of sp³-hybridized carbons (Fsp3) is 0.111. The van der Waals surface area contributed by atoms with Crippen LogP contribution in [0.1, 0.15) is 34.5 Å². The molecule has 3 aromatic carbocycles. The molecule has 1 aromatic heterocycles. The van der Waals surface area contributed by atoms with E-state index in [0.717, 1.165) is 11.1 Å². The lowest BCUT2D eigenvalue weighted by molar-refractivity contribution is 0.0939. The maximum absolute atomic E-state index is 13.7. The third kappa shape index (κ3) is 5.32. The number of amides is 1. The summed E-state index contributed by atoms with van der Waals surface area (Å²) in [6, 6.07) is 27.9. The molecular formula is C27H25N3O3S. The third-order valence-corrected chi connectivity index (χ3v) is 7.22. The second kappa shape index (κ2) is 10.3. The van der Waals surface area contributed by atoms with Crippen LogP contribution in [-0.4, -0.2) is 19.3 Å².